The molecule has 0 spiro atoms. The highest BCUT2D eigenvalue weighted by Crippen LogP contribution is 2.49. The summed E-state index contributed by atoms with van der Waals surface area (Å²) >= 11 is 0. The Kier molecular flexibility index (Phi) is 9.25. The second-order valence-electron chi connectivity index (χ2n) is 18.2. The average molecular weight is 855 g/mol. The molecule has 2 unspecified atom stereocenters. The molecule has 2 atom stereocenters. The van der Waals surface area contributed by atoms with Crippen LogP contribution in [0, 0.1) is 11.8 Å². The van der Waals surface area contributed by atoms with E-state index in [0.717, 1.165) is 17.1 Å². The number of benzene rings is 9. The Balaban J connectivity index is 0.824. The highest BCUT2D eigenvalue weighted by atomic mass is 15.0. The van der Waals surface area contributed by atoms with E-state index in [2.05, 4.69) is 260 Å². The second-order valence-corrected chi connectivity index (χ2v) is 18.2. The number of fused-ring (bicyclic) bond motifs is 11. The summed E-state index contributed by atoms with van der Waals surface area (Å²) in [6.45, 7) is 2.39. The van der Waals surface area contributed by atoms with Gasteiger partial charge in [-0.25, -0.2) is 0 Å². The predicted octanol–water partition coefficient (Wildman–Crippen LogP) is 17.4. The van der Waals surface area contributed by atoms with Gasteiger partial charge in [0.2, 0.25) is 0 Å². The average Bonchev–Trinajstić information content (AvgIpc) is 3.73. The SMILES string of the molecule is CC1C2=C(C=C3C=CC=CC31)c1cccc(c1)-c1cc(-c3ccc(-c4ccc5c(c4)c4ccccc4n5-c4ccc(-c5ccc(-c6ccccc6)cc5)cc4)cc3)ccc1Nc1ccccc12. The minimum atomic E-state index is 0.327. The number of aromatic nitrogens is 1. The Morgan fingerprint density at radius 1 is 0.403 bits per heavy atom. The van der Waals surface area contributed by atoms with Gasteiger partial charge in [-0.2, -0.15) is 0 Å². The maximum absolute atomic E-state index is 3.92. The first-order valence-corrected chi connectivity index (χ1v) is 23.4. The van der Waals surface area contributed by atoms with Crippen molar-refractivity contribution >= 4 is 44.3 Å². The van der Waals surface area contributed by atoms with Crippen molar-refractivity contribution in [1.82, 2.24) is 4.57 Å². The molecule has 0 amide bonds. The highest BCUT2D eigenvalue weighted by molar-refractivity contribution is 6.10. The largest absolute Gasteiger partial charge is 0.355 e. The Morgan fingerprint density at radius 2 is 0.970 bits per heavy atom. The van der Waals surface area contributed by atoms with Gasteiger partial charge >= 0.3 is 0 Å². The fraction of sp³-hybridized carbons (Fsp3) is 0.0462. The van der Waals surface area contributed by atoms with E-state index in [1.165, 1.54) is 105 Å². The van der Waals surface area contributed by atoms with E-state index in [0.29, 0.717) is 11.8 Å². The van der Waals surface area contributed by atoms with Crippen LogP contribution < -0.4 is 5.32 Å². The van der Waals surface area contributed by atoms with Crippen LogP contribution in [0.25, 0.3) is 94.3 Å². The lowest BCUT2D eigenvalue weighted by atomic mass is 9.70. The van der Waals surface area contributed by atoms with Crippen molar-refractivity contribution in [2.24, 2.45) is 11.8 Å². The number of nitrogens with zero attached hydrogens (tertiary/aromatic N) is 1. The number of anilines is 2. The van der Waals surface area contributed by atoms with Gasteiger partial charge in [0.1, 0.15) is 0 Å². The minimum Gasteiger partial charge on any atom is -0.355 e. The Labute approximate surface area is 391 Å². The Morgan fingerprint density at radius 3 is 1.75 bits per heavy atom. The lowest BCUT2D eigenvalue weighted by Gasteiger charge is -2.34. The van der Waals surface area contributed by atoms with E-state index in [1.54, 1.807) is 0 Å². The first kappa shape index (κ1) is 39.0. The van der Waals surface area contributed by atoms with Crippen molar-refractivity contribution in [3.63, 3.8) is 0 Å². The van der Waals surface area contributed by atoms with Crippen molar-refractivity contribution in [3.8, 4) is 61.3 Å². The monoisotopic (exact) mass is 854 g/mol. The van der Waals surface area contributed by atoms with Crippen LogP contribution in [-0.2, 0) is 0 Å². The molecule has 67 heavy (non-hydrogen) atoms. The van der Waals surface area contributed by atoms with E-state index < -0.39 is 0 Å². The van der Waals surface area contributed by atoms with Gasteiger partial charge in [0.15, 0.2) is 0 Å². The lowest BCUT2D eigenvalue weighted by molar-refractivity contribution is 0.602. The van der Waals surface area contributed by atoms with Crippen molar-refractivity contribution in [2.45, 2.75) is 6.92 Å². The fourth-order valence-electron chi connectivity index (χ4n) is 10.9. The van der Waals surface area contributed by atoms with Crippen molar-refractivity contribution < 1.29 is 0 Å². The predicted molar refractivity (Wildman–Crippen MR) is 284 cm³/mol. The molecule has 0 fully saturated rings. The number of hydrogen-bond donors (Lipinski definition) is 1. The van der Waals surface area contributed by atoms with E-state index in [-0.39, 0.29) is 0 Å². The van der Waals surface area contributed by atoms with E-state index in [1.807, 2.05) is 0 Å². The number of nitrogens with one attached hydrogen (secondary N) is 1. The number of para-hydroxylation sites is 2. The summed E-state index contributed by atoms with van der Waals surface area (Å²) in [7, 11) is 0. The number of allylic oxidation sites excluding steroid dienone is 8. The summed E-state index contributed by atoms with van der Waals surface area (Å²) in [5, 5.41) is 6.42. The van der Waals surface area contributed by atoms with E-state index in [4.69, 9.17) is 0 Å². The van der Waals surface area contributed by atoms with Gasteiger partial charge in [0.25, 0.3) is 0 Å². The third-order valence-electron chi connectivity index (χ3n) is 14.4. The van der Waals surface area contributed by atoms with Gasteiger partial charge in [0.05, 0.1) is 11.0 Å². The van der Waals surface area contributed by atoms with Gasteiger partial charge in [-0.1, -0.05) is 195 Å². The molecule has 0 saturated heterocycles. The van der Waals surface area contributed by atoms with Crippen LogP contribution in [-0.4, -0.2) is 4.57 Å². The van der Waals surface area contributed by atoms with Gasteiger partial charge in [-0.3, -0.25) is 0 Å². The third kappa shape index (κ3) is 6.72. The van der Waals surface area contributed by atoms with E-state index >= 15 is 0 Å². The molecule has 2 nitrogen and oxygen atoms in total. The van der Waals surface area contributed by atoms with Gasteiger partial charge in [-0.15, -0.1) is 0 Å². The molecule has 13 rings (SSSR count). The summed E-state index contributed by atoms with van der Waals surface area (Å²) in [5.74, 6) is 0.688. The Hall–Kier alpha value is -8.46. The Bertz CT molecular complexity index is 3690. The van der Waals surface area contributed by atoms with Crippen molar-refractivity contribution in [1.29, 1.82) is 0 Å². The number of rotatable bonds is 5. The summed E-state index contributed by atoms with van der Waals surface area (Å²) in [6.07, 6.45) is 11.4. The standard InChI is InChI=1S/C65H46N2/c1-42-55-17-6-5-14-53(55)41-59-52-16-11-15-51(38-52)58-39-49(32-36-62(58)66-61-20-9-7-19-57(61)65(42)59)47-26-28-48(29-27-47)50-33-37-64-60(40-50)56-18-8-10-21-63(56)67(64)54-34-30-46(31-35-54)45-24-22-44(23-25-45)43-12-3-2-4-13-43/h2-42,55,66H,1H3. The summed E-state index contributed by atoms with van der Waals surface area (Å²) in [5.41, 5.74) is 24.4. The minimum absolute atomic E-state index is 0.327. The molecule has 2 heterocycles. The maximum Gasteiger partial charge on any atom is 0.0541 e. The van der Waals surface area contributed by atoms with Crippen molar-refractivity contribution in [3.05, 3.63) is 259 Å². The zero-order valence-corrected chi connectivity index (χ0v) is 37.2. The summed E-state index contributed by atoms with van der Waals surface area (Å²) in [6, 6.07) is 78.1. The van der Waals surface area contributed by atoms with E-state index in [9.17, 15) is 0 Å². The highest BCUT2D eigenvalue weighted by Gasteiger charge is 2.32. The van der Waals surface area contributed by atoms with Crippen LogP contribution in [0.4, 0.5) is 11.4 Å². The molecular weight excluding hydrogens is 809 g/mol. The van der Waals surface area contributed by atoms with Gasteiger partial charge < -0.3 is 9.88 Å². The molecule has 1 aromatic heterocycles. The molecular formula is C65H46N2. The normalized spacial score (nSPS) is 15.9. The molecule has 0 radical (unpaired) electrons. The van der Waals surface area contributed by atoms with Crippen LogP contribution >= 0.6 is 0 Å². The lowest BCUT2D eigenvalue weighted by Crippen LogP contribution is -2.20. The summed E-state index contributed by atoms with van der Waals surface area (Å²) < 4.78 is 2.40. The molecule has 1 N–H and O–H groups in total. The topological polar surface area (TPSA) is 17.0 Å². The summed E-state index contributed by atoms with van der Waals surface area (Å²) in [4.78, 5) is 0. The molecule has 3 aliphatic rings. The zero-order chi connectivity index (χ0) is 44.4. The zero-order valence-electron chi connectivity index (χ0n) is 37.2. The molecule has 2 bridgehead atoms. The molecule has 9 aromatic carbocycles. The molecule has 10 aromatic rings. The fourth-order valence-corrected chi connectivity index (χ4v) is 10.9. The smallest absolute Gasteiger partial charge is 0.0541 e. The molecule has 0 saturated carbocycles. The molecule has 2 heteroatoms. The molecule has 316 valence electrons. The van der Waals surface area contributed by atoms with Gasteiger partial charge in [-0.05, 0) is 133 Å². The third-order valence-corrected chi connectivity index (χ3v) is 14.4. The number of hydrogen-bond acceptors (Lipinski definition) is 1. The second kappa shape index (κ2) is 15.9. The molecule has 2 aliphatic carbocycles. The van der Waals surface area contributed by atoms with Crippen LogP contribution in [0.5, 0.6) is 0 Å². The maximum atomic E-state index is 3.92. The first-order chi connectivity index (χ1) is 33.1. The van der Waals surface area contributed by atoms with Gasteiger partial charge in [0, 0.05) is 44.9 Å². The van der Waals surface area contributed by atoms with Crippen molar-refractivity contribution in [2.75, 3.05) is 5.32 Å². The van der Waals surface area contributed by atoms with Crippen LogP contribution in [0.1, 0.15) is 18.1 Å². The van der Waals surface area contributed by atoms with Crippen LogP contribution in [0.15, 0.2) is 248 Å². The van der Waals surface area contributed by atoms with Crippen LogP contribution in [0.2, 0.25) is 0 Å². The molecule has 1 aliphatic heterocycles. The van der Waals surface area contributed by atoms with Crippen LogP contribution in [0.3, 0.4) is 0 Å². The first-order valence-electron chi connectivity index (χ1n) is 23.4. The quantitative estimate of drug-likeness (QED) is 0.182.